The molecule has 0 aromatic heterocycles. The molecule has 0 spiro atoms. The highest BCUT2D eigenvalue weighted by atomic mass is 16.1. The van der Waals surface area contributed by atoms with Gasteiger partial charge < -0.3 is 21.3 Å². The minimum Gasteiger partial charge on any atom is -0.397 e. The van der Waals surface area contributed by atoms with E-state index in [9.17, 15) is 4.79 Å². The van der Waals surface area contributed by atoms with Gasteiger partial charge in [-0.1, -0.05) is 43.3 Å². The fourth-order valence-electron chi connectivity index (χ4n) is 3.94. The van der Waals surface area contributed by atoms with Gasteiger partial charge in [-0.3, -0.25) is 4.79 Å². The zero-order chi connectivity index (χ0) is 20.9. The van der Waals surface area contributed by atoms with Crippen LogP contribution in [0.25, 0.3) is 11.1 Å². The number of nitrogens with one attached hydrogen (secondary N) is 2. The van der Waals surface area contributed by atoms with Crippen LogP contribution < -0.4 is 21.3 Å². The summed E-state index contributed by atoms with van der Waals surface area (Å²) in [5, 5.41) is 6.47. The summed E-state index contributed by atoms with van der Waals surface area (Å²) in [5.41, 5.74) is 11.1. The van der Waals surface area contributed by atoms with Crippen molar-refractivity contribution in [3.63, 3.8) is 0 Å². The maximum absolute atomic E-state index is 12.8. The van der Waals surface area contributed by atoms with E-state index < -0.39 is 0 Å². The number of nitrogens with zero attached hydrogens (tertiary/aromatic N) is 1. The van der Waals surface area contributed by atoms with E-state index in [-0.39, 0.29) is 5.91 Å². The molecule has 1 fully saturated rings. The van der Waals surface area contributed by atoms with Crippen LogP contribution in [0.1, 0.15) is 23.7 Å². The molecule has 4 N–H and O–H groups in total. The molecule has 30 heavy (non-hydrogen) atoms. The normalized spacial score (nSPS) is 15.9. The highest BCUT2D eigenvalue weighted by Crippen LogP contribution is 2.28. The first kappa shape index (κ1) is 20.0. The standard InChI is InChI=1S/C25H28N4O/c1-2-27-21-14-15-29(17-21)22-11-8-19(9-12-22)25(30)28-24-16-20(10-13-23(24)26)18-6-4-3-5-7-18/h3-13,16,21,27H,2,14-15,17,26H2,1H3,(H,28,30)/t21-/m1/s1. The van der Waals surface area contributed by atoms with Crippen LogP contribution in [-0.4, -0.2) is 31.6 Å². The van der Waals surface area contributed by atoms with Gasteiger partial charge in [0.25, 0.3) is 5.91 Å². The van der Waals surface area contributed by atoms with E-state index in [1.54, 1.807) is 0 Å². The number of nitrogen functional groups attached to an aromatic ring is 1. The van der Waals surface area contributed by atoms with Crippen molar-refractivity contribution in [2.75, 3.05) is 35.6 Å². The minimum atomic E-state index is -0.162. The molecular weight excluding hydrogens is 372 g/mol. The third kappa shape index (κ3) is 4.47. The molecule has 1 aliphatic rings. The van der Waals surface area contributed by atoms with Crippen LogP contribution in [0.15, 0.2) is 72.8 Å². The van der Waals surface area contributed by atoms with Gasteiger partial charge in [0.05, 0.1) is 11.4 Å². The summed E-state index contributed by atoms with van der Waals surface area (Å²) in [6.07, 6.45) is 1.15. The molecule has 1 saturated heterocycles. The highest BCUT2D eigenvalue weighted by Gasteiger charge is 2.21. The fourth-order valence-corrected chi connectivity index (χ4v) is 3.94. The van der Waals surface area contributed by atoms with Crippen LogP contribution in [0, 0.1) is 0 Å². The van der Waals surface area contributed by atoms with E-state index in [1.165, 1.54) is 0 Å². The number of likely N-dealkylation sites (N-methyl/N-ethyl adjacent to an activating group) is 1. The Bertz CT molecular complexity index is 1000. The van der Waals surface area contributed by atoms with E-state index in [1.807, 2.05) is 72.8 Å². The molecule has 1 aliphatic heterocycles. The van der Waals surface area contributed by atoms with E-state index >= 15 is 0 Å². The first-order valence-electron chi connectivity index (χ1n) is 10.5. The average molecular weight is 401 g/mol. The summed E-state index contributed by atoms with van der Waals surface area (Å²) in [6.45, 7) is 5.17. The summed E-state index contributed by atoms with van der Waals surface area (Å²) in [6, 6.07) is 24.1. The summed E-state index contributed by atoms with van der Waals surface area (Å²) < 4.78 is 0. The molecule has 154 valence electrons. The van der Waals surface area contributed by atoms with Gasteiger partial charge in [-0.25, -0.2) is 0 Å². The number of carbonyl (C=O) groups excluding carboxylic acids is 1. The van der Waals surface area contributed by atoms with Crippen LogP contribution in [0.4, 0.5) is 17.1 Å². The molecule has 1 heterocycles. The Morgan fingerprint density at radius 3 is 2.53 bits per heavy atom. The van der Waals surface area contributed by atoms with Crippen molar-refractivity contribution < 1.29 is 4.79 Å². The van der Waals surface area contributed by atoms with E-state index in [2.05, 4.69) is 22.5 Å². The van der Waals surface area contributed by atoms with Gasteiger partial charge in [0.1, 0.15) is 0 Å². The zero-order valence-electron chi connectivity index (χ0n) is 17.3. The molecule has 5 heteroatoms. The van der Waals surface area contributed by atoms with Gasteiger partial charge in [-0.15, -0.1) is 0 Å². The van der Waals surface area contributed by atoms with E-state index in [0.717, 1.165) is 42.9 Å². The molecule has 0 aliphatic carbocycles. The summed E-state index contributed by atoms with van der Waals surface area (Å²) in [4.78, 5) is 15.2. The lowest BCUT2D eigenvalue weighted by Gasteiger charge is -2.19. The highest BCUT2D eigenvalue weighted by molar-refractivity contribution is 6.06. The second-order valence-electron chi connectivity index (χ2n) is 7.66. The fraction of sp³-hybridized carbons (Fsp3) is 0.240. The predicted octanol–water partition coefficient (Wildman–Crippen LogP) is 4.38. The Morgan fingerprint density at radius 2 is 1.80 bits per heavy atom. The lowest BCUT2D eigenvalue weighted by molar-refractivity contribution is 0.102. The Morgan fingerprint density at radius 1 is 1.03 bits per heavy atom. The smallest absolute Gasteiger partial charge is 0.255 e. The van der Waals surface area contributed by atoms with Crippen LogP contribution in [0.3, 0.4) is 0 Å². The van der Waals surface area contributed by atoms with Crippen molar-refractivity contribution >= 4 is 23.0 Å². The summed E-state index contributed by atoms with van der Waals surface area (Å²) in [5.74, 6) is -0.162. The summed E-state index contributed by atoms with van der Waals surface area (Å²) >= 11 is 0. The monoisotopic (exact) mass is 400 g/mol. The van der Waals surface area contributed by atoms with E-state index in [0.29, 0.717) is 23.0 Å². The third-order valence-electron chi connectivity index (χ3n) is 5.58. The summed E-state index contributed by atoms with van der Waals surface area (Å²) in [7, 11) is 0. The maximum Gasteiger partial charge on any atom is 0.255 e. The second-order valence-corrected chi connectivity index (χ2v) is 7.66. The number of anilines is 3. The predicted molar refractivity (Wildman–Crippen MR) is 125 cm³/mol. The van der Waals surface area contributed by atoms with Gasteiger partial charge in [0.2, 0.25) is 0 Å². The average Bonchev–Trinajstić information content (AvgIpc) is 3.25. The van der Waals surface area contributed by atoms with Gasteiger partial charge in [-0.2, -0.15) is 0 Å². The molecule has 5 nitrogen and oxygen atoms in total. The van der Waals surface area contributed by atoms with Gasteiger partial charge in [0, 0.05) is 30.4 Å². The molecule has 0 radical (unpaired) electrons. The molecule has 3 aromatic carbocycles. The number of nitrogens with two attached hydrogens (primary N) is 1. The van der Waals surface area contributed by atoms with Crippen molar-refractivity contribution in [3.05, 3.63) is 78.4 Å². The first-order chi connectivity index (χ1) is 14.6. The molecule has 4 rings (SSSR count). The van der Waals surface area contributed by atoms with Crippen molar-refractivity contribution in [1.82, 2.24) is 5.32 Å². The van der Waals surface area contributed by atoms with Gasteiger partial charge in [0.15, 0.2) is 0 Å². The van der Waals surface area contributed by atoms with Crippen molar-refractivity contribution in [1.29, 1.82) is 0 Å². The van der Waals surface area contributed by atoms with Crippen molar-refractivity contribution in [3.8, 4) is 11.1 Å². The lowest BCUT2D eigenvalue weighted by Crippen LogP contribution is -2.32. The second kappa shape index (κ2) is 9.01. The van der Waals surface area contributed by atoms with E-state index in [4.69, 9.17) is 5.73 Å². The Balaban J connectivity index is 1.45. The third-order valence-corrected chi connectivity index (χ3v) is 5.58. The van der Waals surface area contributed by atoms with Crippen LogP contribution in [-0.2, 0) is 0 Å². The molecule has 0 unspecified atom stereocenters. The number of hydrogen-bond acceptors (Lipinski definition) is 4. The maximum atomic E-state index is 12.8. The van der Waals surface area contributed by atoms with Gasteiger partial charge in [-0.05, 0) is 60.5 Å². The largest absolute Gasteiger partial charge is 0.397 e. The molecular formula is C25H28N4O. The van der Waals surface area contributed by atoms with Crippen LogP contribution in [0.2, 0.25) is 0 Å². The zero-order valence-corrected chi connectivity index (χ0v) is 17.3. The number of benzene rings is 3. The molecule has 0 saturated carbocycles. The number of hydrogen-bond donors (Lipinski definition) is 3. The lowest BCUT2D eigenvalue weighted by atomic mass is 10.0. The SMILES string of the molecule is CCN[C@@H]1CCN(c2ccc(C(=O)Nc3cc(-c4ccccc4)ccc3N)cc2)C1. The Hall–Kier alpha value is -3.31. The molecule has 1 amide bonds. The van der Waals surface area contributed by atoms with Crippen LogP contribution >= 0.6 is 0 Å². The van der Waals surface area contributed by atoms with Crippen molar-refractivity contribution in [2.45, 2.75) is 19.4 Å². The minimum absolute atomic E-state index is 0.162. The topological polar surface area (TPSA) is 70.4 Å². The molecule has 3 aromatic rings. The quantitative estimate of drug-likeness (QED) is 0.537. The Kier molecular flexibility index (Phi) is 6.00. The number of carbonyl (C=O) groups is 1. The number of rotatable bonds is 6. The number of amides is 1. The first-order valence-corrected chi connectivity index (χ1v) is 10.5. The van der Waals surface area contributed by atoms with Gasteiger partial charge >= 0.3 is 0 Å². The Labute approximate surface area is 177 Å². The molecule has 0 bridgehead atoms. The molecule has 1 atom stereocenters. The van der Waals surface area contributed by atoms with Crippen molar-refractivity contribution in [2.24, 2.45) is 0 Å². The van der Waals surface area contributed by atoms with Crippen LogP contribution in [0.5, 0.6) is 0 Å².